The average Bonchev–Trinajstić information content (AvgIpc) is 1.82. The molecule has 0 aliphatic rings. The molecule has 0 aliphatic carbocycles. The molecule has 2 nitrogen and oxygen atoms in total. The van der Waals surface area contributed by atoms with Crippen molar-refractivity contribution in [2.75, 3.05) is 0 Å². The molecule has 0 aromatic rings. The molecule has 0 fully saturated rings. The Labute approximate surface area is 69.2 Å². The van der Waals surface area contributed by atoms with E-state index in [2.05, 4.69) is 20.8 Å². The van der Waals surface area contributed by atoms with Crippen molar-refractivity contribution in [3.63, 3.8) is 0 Å². The Balaban J connectivity index is 4.13. The summed E-state index contributed by atoms with van der Waals surface area (Å²) in [5.41, 5.74) is 0.142. The highest BCUT2D eigenvalue weighted by Gasteiger charge is 2.28. The van der Waals surface area contributed by atoms with Gasteiger partial charge in [-0.1, -0.05) is 34.6 Å². The van der Waals surface area contributed by atoms with E-state index in [1.165, 1.54) is 0 Å². The molecule has 2 heteroatoms. The first-order valence-corrected chi connectivity index (χ1v) is 4.13. The van der Waals surface area contributed by atoms with Gasteiger partial charge in [0.1, 0.15) is 0 Å². The van der Waals surface area contributed by atoms with Crippen molar-refractivity contribution in [1.29, 1.82) is 0 Å². The van der Waals surface area contributed by atoms with Crippen LogP contribution >= 0.6 is 0 Å². The minimum Gasteiger partial charge on any atom is -0.368 e. The van der Waals surface area contributed by atoms with Crippen LogP contribution in [0.5, 0.6) is 0 Å². The fourth-order valence-electron chi connectivity index (χ4n) is 1.05. The predicted octanol–water partition coefficient (Wildman–Crippen LogP) is 1.62. The van der Waals surface area contributed by atoms with Crippen molar-refractivity contribution in [1.82, 2.24) is 0 Å². The average molecular weight is 160 g/mol. The first-order chi connectivity index (χ1) is 4.76. The molecule has 0 aromatic carbocycles. The fourth-order valence-corrected chi connectivity index (χ4v) is 1.05. The minimum absolute atomic E-state index is 0.0602. The maximum absolute atomic E-state index is 8.91. The van der Waals surface area contributed by atoms with E-state index >= 15 is 0 Å². The SMILES string of the molecule is CC(C(O)O)C(C)C(C)(C)C. The quantitative estimate of drug-likeness (QED) is 0.602. The molecule has 0 rings (SSSR count). The molecule has 0 aliphatic heterocycles. The lowest BCUT2D eigenvalue weighted by molar-refractivity contribution is -0.105. The van der Waals surface area contributed by atoms with Crippen LogP contribution in [-0.4, -0.2) is 16.5 Å². The summed E-state index contributed by atoms with van der Waals surface area (Å²) in [5.74, 6) is 0.248. The summed E-state index contributed by atoms with van der Waals surface area (Å²) in [7, 11) is 0. The molecule has 0 aromatic heterocycles. The molecule has 2 unspecified atom stereocenters. The van der Waals surface area contributed by atoms with E-state index in [-0.39, 0.29) is 11.3 Å². The maximum Gasteiger partial charge on any atom is 0.154 e. The molecule has 0 saturated heterocycles. The summed E-state index contributed by atoms with van der Waals surface area (Å²) in [4.78, 5) is 0. The second-order valence-electron chi connectivity index (χ2n) is 4.43. The first-order valence-electron chi connectivity index (χ1n) is 4.13. The summed E-state index contributed by atoms with van der Waals surface area (Å²) in [6.07, 6.45) is -1.19. The van der Waals surface area contributed by atoms with Gasteiger partial charge in [-0.05, 0) is 11.3 Å². The Morgan fingerprint density at radius 1 is 1.00 bits per heavy atom. The number of aliphatic hydroxyl groups is 2. The van der Waals surface area contributed by atoms with Crippen LogP contribution in [0, 0.1) is 17.3 Å². The van der Waals surface area contributed by atoms with Crippen molar-refractivity contribution in [2.45, 2.75) is 40.9 Å². The van der Waals surface area contributed by atoms with E-state index < -0.39 is 6.29 Å². The van der Waals surface area contributed by atoms with Crippen molar-refractivity contribution in [3.05, 3.63) is 0 Å². The van der Waals surface area contributed by atoms with Crippen LogP contribution in [0.4, 0.5) is 0 Å². The molecular formula is C9H20O2. The van der Waals surface area contributed by atoms with Crippen LogP contribution in [0.15, 0.2) is 0 Å². The van der Waals surface area contributed by atoms with Gasteiger partial charge in [-0.15, -0.1) is 0 Å². The lowest BCUT2D eigenvalue weighted by Gasteiger charge is -2.33. The van der Waals surface area contributed by atoms with E-state index in [0.717, 1.165) is 0 Å². The van der Waals surface area contributed by atoms with Gasteiger partial charge in [0, 0.05) is 5.92 Å². The van der Waals surface area contributed by atoms with Crippen LogP contribution in [-0.2, 0) is 0 Å². The zero-order valence-electron chi connectivity index (χ0n) is 8.13. The largest absolute Gasteiger partial charge is 0.368 e. The Kier molecular flexibility index (Phi) is 3.52. The highest BCUT2D eigenvalue weighted by molar-refractivity contribution is 4.75. The summed E-state index contributed by atoms with van der Waals surface area (Å²) in [6, 6.07) is 0. The number of rotatable bonds is 2. The second-order valence-corrected chi connectivity index (χ2v) is 4.43. The van der Waals surface area contributed by atoms with Gasteiger partial charge in [0.2, 0.25) is 0 Å². The number of hydrogen-bond donors (Lipinski definition) is 2. The zero-order chi connectivity index (χ0) is 9.23. The van der Waals surface area contributed by atoms with Crippen LogP contribution < -0.4 is 0 Å². The van der Waals surface area contributed by atoms with Gasteiger partial charge in [0.05, 0.1) is 0 Å². The van der Waals surface area contributed by atoms with Gasteiger partial charge < -0.3 is 10.2 Å². The van der Waals surface area contributed by atoms with Gasteiger partial charge in [-0.25, -0.2) is 0 Å². The molecular weight excluding hydrogens is 140 g/mol. The predicted molar refractivity (Wildman–Crippen MR) is 46.0 cm³/mol. The molecule has 0 radical (unpaired) electrons. The molecule has 0 amide bonds. The van der Waals surface area contributed by atoms with Crippen molar-refractivity contribution in [2.24, 2.45) is 17.3 Å². The van der Waals surface area contributed by atoms with E-state index in [9.17, 15) is 0 Å². The van der Waals surface area contributed by atoms with E-state index in [4.69, 9.17) is 10.2 Å². The third-order valence-corrected chi connectivity index (χ3v) is 2.62. The van der Waals surface area contributed by atoms with E-state index in [0.29, 0.717) is 5.92 Å². The summed E-state index contributed by atoms with van der Waals surface area (Å²) in [5, 5.41) is 17.8. The molecule has 2 N–H and O–H groups in total. The lowest BCUT2D eigenvalue weighted by Crippen LogP contribution is -2.31. The van der Waals surface area contributed by atoms with E-state index in [1.807, 2.05) is 13.8 Å². The molecule has 0 saturated carbocycles. The van der Waals surface area contributed by atoms with Crippen molar-refractivity contribution < 1.29 is 10.2 Å². The second kappa shape index (κ2) is 3.55. The Morgan fingerprint density at radius 3 is 1.45 bits per heavy atom. The number of aliphatic hydroxyl groups excluding tert-OH is 1. The van der Waals surface area contributed by atoms with Crippen LogP contribution in [0.1, 0.15) is 34.6 Å². The summed E-state index contributed by atoms with van der Waals surface area (Å²) < 4.78 is 0. The third-order valence-electron chi connectivity index (χ3n) is 2.62. The van der Waals surface area contributed by atoms with Crippen LogP contribution in [0.3, 0.4) is 0 Å². The normalized spacial score (nSPS) is 18.5. The Bertz CT molecular complexity index is 113. The van der Waals surface area contributed by atoms with Crippen LogP contribution in [0.25, 0.3) is 0 Å². The van der Waals surface area contributed by atoms with E-state index in [1.54, 1.807) is 0 Å². The molecule has 0 spiro atoms. The van der Waals surface area contributed by atoms with Gasteiger partial charge in [0.25, 0.3) is 0 Å². The van der Waals surface area contributed by atoms with Gasteiger partial charge >= 0.3 is 0 Å². The summed E-state index contributed by atoms with van der Waals surface area (Å²) >= 11 is 0. The topological polar surface area (TPSA) is 40.5 Å². The maximum atomic E-state index is 8.91. The number of hydrogen-bond acceptors (Lipinski definition) is 2. The van der Waals surface area contributed by atoms with Crippen molar-refractivity contribution >= 4 is 0 Å². The van der Waals surface area contributed by atoms with Gasteiger partial charge in [-0.2, -0.15) is 0 Å². The Morgan fingerprint density at radius 2 is 1.36 bits per heavy atom. The standard InChI is InChI=1S/C9H20O2/c1-6(8(10)11)7(2)9(3,4)5/h6-8,10-11H,1-5H3. The van der Waals surface area contributed by atoms with Gasteiger partial charge in [0.15, 0.2) is 6.29 Å². The monoisotopic (exact) mass is 160 g/mol. The molecule has 0 bridgehead atoms. The van der Waals surface area contributed by atoms with Gasteiger partial charge in [-0.3, -0.25) is 0 Å². The van der Waals surface area contributed by atoms with Crippen LogP contribution in [0.2, 0.25) is 0 Å². The zero-order valence-corrected chi connectivity index (χ0v) is 8.13. The molecule has 2 atom stereocenters. The third kappa shape index (κ3) is 3.21. The minimum atomic E-state index is -1.19. The van der Waals surface area contributed by atoms with Crippen molar-refractivity contribution in [3.8, 4) is 0 Å². The molecule has 11 heavy (non-hydrogen) atoms. The fraction of sp³-hybridized carbons (Fsp3) is 1.00. The highest BCUT2D eigenvalue weighted by Crippen LogP contribution is 2.32. The molecule has 68 valence electrons. The Hall–Kier alpha value is -0.0800. The summed E-state index contributed by atoms with van der Waals surface area (Å²) in [6.45, 7) is 10.2. The lowest BCUT2D eigenvalue weighted by atomic mass is 9.75. The highest BCUT2D eigenvalue weighted by atomic mass is 16.5. The first kappa shape index (κ1) is 10.9. The smallest absolute Gasteiger partial charge is 0.154 e. The molecule has 0 heterocycles.